The second-order valence-electron chi connectivity index (χ2n) is 9.81. The minimum atomic E-state index is -0.354. The van der Waals surface area contributed by atoms with Gasteiger partial charge in [0.15, 0.2) is 5.82 Å². The molecule has 10 nitrogen and oxygen atoms in total. The Hall–Kier alpha value is -3.56. The lowest BCUT2D eigenvalue weighted by Crippen LogP contribution is -2.54. The molecule has 1 N–H and O–H groups in total. The molecule has 36 heavy (non-hydrogen) atoms. The monoisotopic (exact) mass is 498 g/mol. The number of piperazine rings is 1. The van der Waals surface area contributed by atoms with E-state index in [1.165, 1.54) is 0 Å². The van der Waals surface area contributed by atoms with Gasteiger partial charge >= 0.3 is 6.03 Å². The van der Waals surface area contributed by atoms with Crippen LogP contribution in [0.3, 0.4) is 0 Å². The van der Waals surface area contributed by atoms with Crippen LogP contribution in [0, 0.1) is 0 Å². The zero-order valence-electron chi connectivity index (χ0n) is 22.2. The van der Waals surface area contributed by atoms with Crippen molar-refractivity contribution in [2.24, 2.45) is 0 Å². The molecule has 1 aromatic carbocycles. The van der Waals surface area contributed by atoms with Crippen molar-refractivity contribution in [3.63, 3.8) is 0 Å². The summed E-state index contributed by atoms with van der Waals surface area (Å²) >= 11 is 0. The normalized spacial score (nSPS) is 13.8. The van der Waals surface area contributed by atoms with Crippen molar-refractivity contribution in [2.45, 2.75) is 39.7 Å². The van der Waals surface area contributed by atoms with Crippen LogP contribution in [0.2, 0.25) is 0 Å². The minimum absolute atomic E-state index is 0.0415. The third-order valence-electron chi connectivity index (χ3n) is 5.88. The molecule has 1 aliphatic rings. The highest BCUT2D eigenvalue weighted by Crippen LogP contribution is 2.32. The molecule has 2 heterocycles. The minimum Gasteiger partial charge on any atom is -0.497 e. The maximum atomic E-state index is 12.9. The van der Waals surface area contributed by atoms with E-state index in [1.54, 1.807) is 19.1 Å². The Morgan fingerprint density at radius 3 is 2.31 bits per heavy atom. The number of nitrogens with zero attached hydrogens (tertiary/aromatic N) is 5. The van der Waals surface area contributed by atoms with Crippen molar-refractivity contribution < 1.29 is 19.1 Å². The quantitative estimate of drug-likeness (QED) is 0.597. The second kappa shape index (κ2) is 11.9. The molecule has 0 saturated carbocycles. The van der Waals surface area contributed by atoms with Crippen molar-refractivity contribution in [1.82, 2.24) is 25.3 Å². The number of hydrogen-bond donors (Lipinski definition) is 1. The van der Waals surface area contributed by atoms with Gasteiger partial charge < -0.3 is 29.5 Å². The van der Waals surface area contributed by atoms with Gasteiger partial charge in [-0.2, -0.15) is 0 Å². The molecule has 3 rings (SSSR count). The Bertz CT molecular complexity index is 1030. The predicted molar refractivity (Wildman–Crippen MR) is 140 cm³/mol. The fourth-order valence-corrected chi connectivity index (χ4v) is 4.02. The summed E-state index contributed by atoms with van der Waals surface area (Å²) in [6.45, 7) is 10.8. The molecule has 1 aromatic heterocycles. The van der Waals surface area contributed by atoms with Crippen LogP contribution in [0.4, 0.5) is 10.6 Å². The van der Waals surface area contributed by atoms with Crippen molar-refractivity contribution in [2.75, 3.05) is 58.4 Å². The number of rotatable bonds is 8. The van der Waals surface area contributed by atoms with E-state index in [-0.39, 0.29) is 24.0 Å². The molecule has 196 valence electrons. The van der Waals surface area contributed by atoms with Gasteiger partial charge in [0.1, 0.15) is 18.0 Å². The Kier molecular flexibility index (Phi) is 8.95. The summed E-state index contributed by atoms with van der Waals surface area (Å²) in [4.78, 5) is 31.1. The average Bonchev–Trinajstić information content (AvgIpc) is 2.87. The number of ether oxygens (including phenoxy) is 2. The van der Waals surface area contributed by atoms with Crippen LogP contribution in [0.15, 0.2) is 30.3 Å². The van der Waals surface area contributed by atoms with E-state index < -0.39 is 0 Å². The summed E-state index contributed by atoms with van der Waals surface area (Å²) in [5.74, 6) is 2.09. The van der Waals surface area contributed by atoms with Crippen LogP contribution in [0.25, 0.3) is 11.3 Å². The summed E-state index contributed by atoms with van der Waals surface area (Å²) in [5.41, 5.74) is 1.18. The van der Waals surface area contributed by atoms with E-state index in [9.17, 15) is 9.59 Å². The first-order valence-electron chi connectivity index (χ1n) is 12.3. The molecule has 1 fully saturated rings. The zero-order valence-corrected chi connectivity index (χ0v) is 22.2. The van der Waals surface area contributed by atoms with Crippen molar-refractivity contribution in [3.8, 4) is 22.8 Å². The van der Waals surface area contributed by atoms with Crippen molar-refractivity contribution in [3.05, 3.63) is 30.3 Å². The molecule has 3 amide bonds. The van der Waals surface area contributed by atoms with E-state index in [0.717, 1.165) is 17.8 Å². The Labute approximate surface area is 213 Å². The third kappa shape index (κ3) is 6.99. The molecule has 0 spiro atoms. The lowest BCUT2D eigenvalue weighted by atomic mass is 10.1. The summed E-state index contributed by atoms with van der Waals surface area (Å²) in [6.07, 6.45) is 0.787. The van der Waals surface area contributed by atoms with Crippen LogP contribution >= 0.6 is 0 Å². The largest absolute Gasteiger partial charge is 0.497 e. The second-order valence-corrected chi connectivity index (χ2v) is 9.81. The fourth-order valence-electron chi connectivity index (χ4n) is 4.02. The van der Waals surface area contributed by atoms with E-state index in [2.05, 4.69) is 20.4 Å². The van der Waals surface area contributed by atoms with E-state index in [1.807, 2.05) is 62.9 Å². The van der Waals surface area contributed by atoms with Crippen LogP contribution in [-0.4, -0.2) is 91.0 Å². The Morgan fingerprint density at radius 2 is 1.75 bits per heavy atom. The van der Waals surface area contributed by atoms with Gasteiger partial charge in [-0.15, -0.1) is 10.2 Å². The Balaban J connectivity index is 1.59. The standard InChI is InChI=1S/C26H38N6O4/c1-7-12-32(25(34)27-26(2,3)4)18-24(33)31-15-13-30(14-16-31)23-11-10-21(28-29-23)20-9-8-19(35-5)17-22(20)36-6/h8-11,17H,7,12-16,18H2,1-6H3,(H,27,34). The summed E-state index contributed by atoms with van der Waals surface area (Å²) in [5, 5.41) is 11.8. The first kappa shape index (κ1) is 27.0. The highest BCUT2D eigenvalue weighted by atomic mass is 16.5. The molecule has 0 atom stereocenters. The molecule has 1 saturated heterocycles. The summed E-state index contributed by atoms with van der Waals surface area (Å²) in [7, 11) is 3.22. The van der Waals surface area contributed by atoms with Gasteiger partial charge in [-0.25, -0.2) is 4.79 Å². The van der Waals surface area contributed by atoms with Gasteiger partial charge in [0.05, 0.1) is 19.9 Å². The topological polar surface area (TPSA) is 100 Å². The maximum Gasteiger partial charge on any atom is 0.318 e. The average molecular weight is 499 g/mol. The molecule has 0 bridgehead atoms. The summed E-state index contributed by atoms with van der Waals surface area (Å²) in [6, 6.07) is 9.22. The fraction of sp³-hybridized carbons (Fsp3) is 0.538. The van der Waals surface area contributed by atoms with Crippen LogP contribution in [0.1, 0.15) is 34.1 Å². The molecular weight excluding hydrogens is 460 g/mol. The van der Waals surface area contributed by atoms with Crippen LogP contribution < -0.4 is 19.7 Å². The summed E-state index contributed by atoms with van der Waals surface area (Å²) < 4.78 is 10.7. The molecule has 2 aromatic rings. The van der Waals surface area contributed by atoms with Crippen LogP contribution in [0.5, 0.6) is 11.5 Å². The smallest absolute Gasteiger partial charge is 0.318 e. The molecule has 0 unspecified atom stereocenters. The maximum absolute atomic E-state index is 12.9. The Morgan fingerprint density at radius 1 is 1.03 bits per heavy atom. The molecule has 1 aliphatic heterocycles. The lowest BCUT2D eigenvalue weighted by molar-refractivity contribution is -0.132. The number of hydrogen-bond acceptors (Lipinski definition) is 7. The zero-order chi connectivity index (χ0) is 26.3. The number of urea groups is 1. The predicted octanol–water partition coefficient (Wildman–Crippen LogP) is 3.03. The number of aromatic nitrogens is 2. The van der Waals surface area contributed by atoms with Crippen LogP contribution in [-0.2, 0) is 4.79 Å². The number of amides is 3. The molecule has 0 radical (unpaired) electrons. The van der Waals surface area contributed by atoms with Crippen molar-refractivity contribution >= 4 is 17.8 Å². The number of methoxy groups -OCH3 is 2. The SMILES string of the molecule is CCCN(CC(=O)N1CCN(c2ccc(-c3ccc(OC)cc3OC)nn2)CC1)C(=O)NC(C)(C)C. The first-order valence-corrected chi connectivity index (χ1v) is 12.3. The van der Waals surface area contributed by atoms with Gasteiger partial charge in [0.25, 0.3) is 0 Å². The van der Waals surface area contributed by atoms with Gasteiger partial charge in [0, 0.05) is 49.9 Å². The lowest BCUT2D eigenvalue weighted by Gasteiger charge is -2.36. The molecular formula is C26H38N6O4. The van der Waals surface area contributed by atoms with E-state index in [0.29, 0.717) is 49.9 Å². The highest BCUT2D eigenvalue weighted by molar-refractivity contribution is 5.84. The number of carbonyl (C=O) groups is 2. The highest BCUT2D eigenvalue weighted by Gasteiger charge is 2.26. The van der Waals surface area contributed by atoms with E-state index in [4.69, 9.17) is 9.47 Å². The van der Waals surface area contributed by atoms with Gasteiger partial charge in [-0.1, -0.05) is 6.92 Å². The first-order chi connectivity index (χ1) is 17.1. The number of carbonyl (C=O) groups excluding carboxylic acids is 2. The molecule has 10 heteroatoms. The van der Waals surface area contributed by atoms with Gasteiger partial charge in [-0.3, -0.25) is 4.79 Å². The number of anilines is 1. The number of benzene rings is 1. The number of nitrogens with one attached hydrogen (secondary N) is 1. The van der Waals surface area contributed by atoms with Crippen molar-refractivity contribution in [1.29, 1.82) is 0 Å². The third-order valence-corrected chi connectivity index (χ3v) is 5.88. The van der Waals surface area contributed by atoms with Gasteiger partial charge in [0.2, 0.25) is 5.91 Å². The van der Waals surface area contributed by atoms with E-state index >= 15 is 0 Å². The molecule has 0 aliphatic carbocycles. The van der Waals surface area contributed by atoms with Gasteiger partial charge in [-0.05, 0) is 51.5 Å².